The Morgan fingerprint density at radius 3 is 2.66 bits per heavy atom. The van der Waals surface area contributed by atoms with Crippen LogP contribution in [-0.2, 0) is 11.0 Å². The summed E-state index contributed by atoms with van der Waals surface area (Å²) in [4.78, 5) is 21.4. The van der Waals surface area contributed by atoms with E-state index in [1.54, 1.807) is 25.3 Å². The predicted octanol–water partition coefficient (Wildman–Crippen LogP) is 4.27. The number of allylic oxidation sites excluding steroid dienone is 1. The molecule has 1 fully saturated rings. The molecule has 2 aliphatic rings. The van der Waals surface area contributed by atoms with Gasteiger partial charge in [0, 0.05) is 18.3 Å². The van der Waals surface area contributed by atoms with Crippen molar-refractivity contribution in [2.24, 2.45) is 15.9 Å². The number of hydrogen-bond donors (Lipinski definition) is 0. The van der Waals surface area contributed by atoms with Gasteiger partial charge >= 0.3 is 6.18 Å². The van der Waals surface area contributed by atoms with Crippen molar-refractivity contribution in [1.82, 2.24) is 4.90 Å². The minimum Gasteiger partial charge on any atom is -0.327 e. The summed E-state index contributed by atoms with van der Waals surface area (Å²) in [5.41, 5.74) is 0.0226. The van der Waals surface area contributed by atoms with Crippen LogP contribution in [-0.4, -0.2) is 48.4 Å². The van der Waals surface area contributed by atoms with E-state index in [4.69, 9.17) is 0 Å². The first kappa shape index (κ1) is 21.1. The van der Waals surface area contributed by atoms with Gasteiger partial charge in [-0.25, -0.2) is 13.8 Å². The molecule has 0 spiro atoms. The summed E-state index contributed by atoms with van der Waals surface area (Å²) in [6.07, 6.45) is 1.13. The maximum atomic E-state index is 13.0. The third-order valence-corrected chi connectivity index (χ3v) is 4.69. The van der Waals surface area contributed by atoms with Crippen LogP contribution >= 0.6 is 0 Å². The quantitative estimate of drug-likeness (QED) is 0.537. The summed E-state index contributed by atoms with van der Waals surface area (Å²) in [5, 5.41) is 0. The van der Waals surface area contributed by atoms with E-state index < -0.39 is 36.7 Å². The molecule has 9 heteroatoms. The van der Waals surface area contributed by atoms with Crippen LogP contribution in [0.4, 0.5) is 22.0 Å². The van der Waals surface area contributed by atoms with Gasteiger partial charge in [0.25, 0.3) is 5.92 Å². The summed E-state index contributed by atoms with van der Waals surface area (Å²) in [7, 11) is 0. The highest BCUT2D eigenvalue weighted by molar-refractivity contribution is 6.03. The van der Waals surface area contributed by atoms with E-state index in [1.165, 1.54) is 6.08 Å². The Bertz CT molecular complexity index is 865. The molecule has 0 bridgehead atoms. The van der Waals surface area contributed by atoms with Gasteiger partial charge in [-0.05, 0) is 55.5 Å². The zero-order chi connectivity index (χ0) is 21.2. The molecule has 1 aromatic rings. The van der Waals surface area contributed by atoms with Crippen molar-refractivity contribution < 1.29 is 26.7 Å². The maximum Gasteiger partial charge on any atom is 0.416 e. The van der Waals surface area contributed by atoms with Gasteiger partial charge < -0.3 is 4.90 Å². The molecule has 0 aromatic heterocycles. The average Bonchev–Trinajstić information content (AvgIpc) is 2.84. The number of nitrogens with zero attached hydrogens (tertiary/aromatic N) is 3. The smallest absolute Gasteiger partial charge is 0.327 e. The third kappa shape index (κ3) is 5.48. The molecule has 0 radical (unpaired) electrons. The van der Waals surface area contributed by atoms with Crippen LogP contribution in [0.2, 0.25) is 0 Å². The minimum absolute atomic E-state index is 0.0509. The third-order valence-electron chi connectivity index (χ3n) is 4.69. The summed E-state index contributed by atoms with van der Waals surface area (Å²) in [5.74, 6) is -3.07. The zero-order valence-corrected chi connectivity index (χ0v) is 15.7. The summed E-state index contributed by atoms with van der Waals surface area (Å²) in [6, 6.07) is 3.71. The number of halogens is 5. The van der Waals surface area contributed by atoms with Crippen LogP contribution in [0.5, 0.6) is 0 Å². The lowest BCUT2D eigenvalue weighted by atomic mass is 10.0. The predicted molar refractivity (Wildman–Crippen MR) is 99.5 cm³/mol. The topological polar surface area (TPSA) is 45.0 Å². The molecule has 2 aliphatic heterocycles. The largest absolute Gasteiger partial charge is 0.416 e. The number of aliphatic imine (C=N–C) groups is 2. The molecule has 156 valence electrons. The number of rotatable bonds is 4. The van der Waals surface area contributed by atoms with Gasteiger partial charge in [0.05, 0.1) is 18.7 Å². The van der Waals surface area contributed by atoms with Gasteiger partial charge in [-0.1, -0.05) is 6.08 Å². The Hall–Kier alpha value is -2.58. The normalized spacial score (nSPS) is 21.7. The molecule has 29 heavy (non-hydrogen) atoms. The Balaban J connectivity index is 1.61. The van der Waals surface area contributed by atoms with Crippen molar-refractivity contribution in [1.29, 1.82) is 0 Å². The molecule has 1 unspecified atom stereocenters. The lowest BCUT2D eigenvalue weighted by Crippen LogP contribution is -2.58. The first-order valence-electron chi connectivity index (χ1n) is 9.15. The van der Waals surface area contributed by atoms with Crippen LogP contribution in [0.3, 0.4) is 0 Å². The lowest BCUT2D eigenvalue weighted by molar-refractivity contribution is -0.160. The first-order chi connectivity index (χ1) is 13.5. The number of aryl methyl sites for hydroxylation is 1. The molecule has 2 heterocycles. The van der Waals surface area contributed by atoms with Crippen LogP contribution in [0.1, 0.15) is 29.5 Å². The zero-order valence-electron chi connectivity index (χ0n) is 15.7. The van der Waals surface area contributed by atoms with Gasteiger partial charge in [0.1, 0.15) is 0 Å². The monoisotopic (exact) mass is 413 g/mol. The van der Waals surface area contributed by atoms with Crippen LogP contribution < -0.4 is 0 Å². The molecule has 4 nitrogen and oxygen atoms in total. The maximum absolute atomic E-state index is 13.0. The van der Waals surface area contributed by atoms with Crippen molar-refractivity contribution in [2.45, 2.75) is 31.9 Å². The van der Waals surface area contributed by atoms with Gasteiger partial charge in [0.15, 0.2) is 5.84 Å². The number of hydrogen-bond acceptors (Lipinski definition) is 3. The molecule has 0 aliphatic carbocycles. The van der Waals surface area contributed by atoms with Crippen molar-refractivity contribution in [3.63, 3.8) is 0 Å². The van der Waals surface area contributed by atoms with Crippen molar-refractivity contribution in [3.8, 4) is 0 Å². The fourth-order valence-corrected chi connectivity index (χ4v) is 3.17. The van der Waals surface area contributed by atoms with Gasteiger partial charge in [-0.15, -0.1) is 0 Å². The molecule has 1 aromatic carbocycles. The molecule has 1 saturated heterocycles. The second-order valence-electron chi connectivity index (χ2n) is 7.31. The second kappa shape index (κ2) is 8.04. The number of carbonyl (C=O) groups is 1. The van der Waals surface area contributed by atoms with E-state index >= 15 is 0 Å². The average molecular weight is 413 g/mol. The summed E-state index contributed by atoms with van der Waals surface area (Å²) < 4.78 is 64.7. The SMILES string of the molecule is Cc1cc(C2=NCCC(C/C=C\C(=O)N3CC(F)(F)C3)C=N2)cc(C(F)(F)F)c1. The van der Waals surface area contributed by atoms with Crippen LogP contribution in [0, 0.1) is 12.8 Å². The fraction of sp³-hybridized carbons (Fsp3) is 0.450. The van der Waals surface area contributed by atoms with Crippen LogP contribution in [0.15, 0.2) is 40.3 Å². The van der Waals surface area contributed by atoms with E-state index in [2.05, 4.69) is 9.98 Å². The summed E-state index contributed by atoms with van der Waals surface area (Å²) >= 11 is 0. The Labute approximate surface area is 164 Å². The number of alkyl halides is 5. The lowest BCUT2D eigenvalue weighted by Gasteiger charge is -2.37. The van der Waals surface area contributed by atoms with Crippen molar-refractivity contribution in [2.75, 3.05) is 19.6 Å². The number of likely N-dealkylation sites (tertiary alicyclic amines) is 1. The Kier molecular flexibility index (Phi) is 5.86. The van der Waals surface area contributed by atoms with E-state index in [0.717, 1.165) is 17.0 Å². The number of carbonyl (C=O) groups excluding carboxylic acids is 1. The van der Waals surface area contributed by atoms with E-state index in [9.17, 15) is 26.7 Å². The van der Waals surface area contributed by atoms with Crippen molar-refractivity contribution >= 4 is 18.0 Å². The van der Waals surface area contributed by atoms with Gasteiger partial charge in [-0.3, -0.25) is 9.79 Å². The number of benzene rings is 1. The van der Waals surface area contributed by atoms with E-state index in [0.29, 0.717) is 30.5 Å². The van der Waals surface area contributed by atoms with Gasteiger partial charge in [0.2, 0.25) is 5.91 Å². The van der Waals surface area contributed by atoms with E-state index in [1.807, 2.05) is 0 Å². The molecule has 1 atom stereocenters. The van der Waals surface area contributed by atoms with Crippen LogP contribution in [0.25, 0.3) is 0 Å². The molecule has 1 amide bonds. The highest BCUT2D eigenvalue weighted by Gasteiger charge is 2.45. The number of amidine groups is 1. The van der Waals surface area contributed by atoms with Crippen molar-refractivity contribution in [3.05, 3.63) is 47.0 Å². The molecule has 0 saturated carbocycles. The highest BCUT2D eigenvalue weighted by atomic mass is 19.4. The Morgan fingerprint density at radius 2 is 2.00 bits per heavy atom. The molecule has 3 rings (SSSR count). The molecule has 0 N–H and O–H groups in total. The molecular formula is C20H20F5N3O. The molecular weight excluding hydrogens is 393 g/mol. The Morgan fingerprint density at radius 1 is 1.28 bits per heavy atom. The second-order valence-corrected chi connectivity index (χ2v) is 7.31. The van der Waals surface area contributed by atoms with E-state index in [-0.39, 0.29) is 11.8 Å². The minimum atomic E-state index is -4.45. The standard InChI is InChI=1S/C20H20F5N3O/c1-13-7-15(9-16(8-13)20(23,24)25)18-26-6-5-14(10-27-18)3-2-4-17(29)28-11-19(21,22)12-28/h2,4,7-10,14H,3,5-6,11-12H2,1H3/b4-2-. The highest BCUT2D eigenvalue weighted by Crippen LogP contribution is 2.31. The first-order valence-corrected chi connectivity index (χ1v) is 9.15. The number of amides is 1. The van der Waals surface area contributed by atoms with Gasteiger partial charge in [-0.2, -0.15) is 13.2 Å². The summed E-state index contributed by atoms with van der Waals surface area (Å²) in [6.45, 7) is 0.844. The fourth-order valence-electron chi connectivity index (χ4n) is 3.17.